The molecule has 2 heterocycles. The Morgan fingerprint density at radius 1 is 1.33 bits per heavy atom. The SMILES string of the molecule is COc1ncccc1N(C)C(=O)c1cnc(C(C)(C)C)s1. The van der Waals surface area contributed by atoms with Gasteiger partial charge >= 0.3 is 0 Å². The Balaban J connectivity index is 2.29. The molecule has 21 heavy (non-hydrogen) atoms. The summed E-state index contributed by atoms with van der Waals surface area (Å²) < 4.78 is 5.19. The standard InChI is InChI=1S/C15H19N3O2S/c1-15(2,3)14-17-9-11(21-14)13(19)18(4)10-7-6-8-16-12(10)20-5/h6-9H,1-5H3. The van der Waals surface area contributed by atoms with Crippen molar-refractivity contribution in [1.29, 1.82) is 0 Å². The van der Waals surface area contributed by atoms with Crippen molar-refractivity contribution in [2.75, 3.05) is 19.1 Å². The van der Waals surface area contributed by atoms with Gasteiger partial charge in [-0.15, -0.1) is 11.3 Å². The van der Waals surface area contributed by atoms with Crippen LogP contribution in [0.5, 0.6) is 5.88 Å². The minimum atomic E-state index is -0.116. The summed E-state index contributed by atoms with van der Waals surface area (Å²) in [6.07, 6.45) is 3.26. The number of rotatable bonds is 3. The third-order valence-corrected chi connectivity index (χ3v) is 4.38. The van der Waals surface area contributed by atoms with Gasteiger partial charge in [0.25, 0.3) is 5.91 Å². The van der Waals surface area contributed by atoms with Gasteiger partial charge in [0.15, 0.2) is 0 Å². The molecule has 0 radical (unpaired) electrons. The van der Waals surface area contributed by atoms with Crippen molar-refractivity contribution < 1.29 is 9.53 Å². The van der Waals surface area contributed by atoms with Gasteiger partial charge in [-0.25, -0.2) is 9.97 Å². The Labute approximate surface area is 128 Å². The van der Waals surface area contributed by atoms with E-state index in [2.05, 4.69) is 30.7 Å². The van der Waals surface area contributed by atoms with E-state index in [1.54, 1.807) is 31.6 Å². The average molecular weight is 305 g/mol. The summed E-state index contributed by atoms with van der Waals surface area (Å²) in [6, 6.07) is 3.57. The van der Waals surface area contributed by atoms with Crippen LogP contribution in [0.2, 0.25) is 0 Å². The van der Waals surface area contributed by atoms with Gasteiger partial charge in [0.2, 0.25) is 5.88 Å². The van der Waals surface area contributed by atoms with Crippen LogP contribution in [0.15, 0.2) is 24.5 Å². The lowest BCUT2D eigenvalue weighted by Crippen LogP contribution is -2.26. The third-order valence-electron chi connectivity index (χ3n) is 2.97. The van der Waals surface area contributed by atoms with E-state index in [-0.39, 0.29) is 11.3 Å². The fourth-order valence-electron chi connectivity index (χ4n) is 1.79. The summed E-state index contributed by atoms with van der Waals surface area (Å²) in [4.78, 5) is 23.2. The van der Waals surface area contributed by atoms with Crippen LogP contribution in [0.25, 0.3) is 0 Å². The van der Waals surface area contributed by atoms with E-state index in [9.17, 15) is 4.79 Å². The zero-order chi connectivity index (χ0) is 15.6. The second-order valence-electron chi connectivity index (χ2n) is 5.68. The van der Waals surface area contributed by atoms with Gasteiger partial charge in [0, 0.05) is 18.7 Å². The van der Waals surface area contributed by atoms with Crippen molar-refractivity contribution in [3.8, 4) is 5.88 Å². The summed E-state index contributed by atoms with van der Waals surface area (Å²) >= 11 is 1.42. The fraction of sp³-hybridized carbons (Fsp3) is 0.400. The van der Waals surface area contributed by atoms with E-state index in [0.29, 0.717) is 16.4 Å². The van der Waals surface area contributed by atoms with Gasteiger partial charge in [-0.3, -0.25) is 4.79 Å². The highest BCUT2D eigenvalue weighted by molar-refractivity contribution is 7.13. The molecule has 0 aromatic carbocycles. The first kappa shape index (κ1) is 15.4. The highest BCUT2D eigenvalue weighted by atomic mass is 32.1. The van der Waals surface area contributed by atoms with Gasteiger partial charge < -0.3 is 9.64 Å². The number of ether oxygens (including phenoxy) is 1. The van der Waals surface area contributed by atoms with Gasteiger partial charge in [-0.2, -0.15) is 0 Å². The van der Waals surface area contributed by atoms with E-state index >= 15 is 0 Å². The minimum Gasteiger partial charge on any atom is -0.480 e. The second-order valence-corrected chi connectivity index (χ2v) is 6.71. The van der Waals surface area contributed by atoms with Crippen molar-refractivity contribution in [2.24, 2.45) is 0 Å². The van der Waals surface area contributed by atoms with E-state index in [0.717, 1.165) is 5.01 Å². The summed E-state index contributed by atoms with van der Waals surface area (Å²) in [5.41, 5.74) is 0.573. The van der Waals surface area contributed by atoms with E-state index in [1.165, 1.54) is 23.3 Å². The molecule has 0 aliphatic rings. The molecule has 112 valence electrons. The maximum atomic E-state index is 12.6. The third kappa shape index (κ3) is 3.21. The van der Waals surface area contributed by atoms with Crippen molar-refractivity contribution >= 4 is 22.9 Å². The Morgan fingerprint density at radius 3 is 2.62 bits per heavy atom. The Bertz CT molecular complexity index is 646. The highest BCUT2D eigenvalue weighted by Gasteiger charge is 2.23. The van der Waals surface area contributed by atoms with E-state index in [1.807, 2.05) is 0 Å². The van der Waals surface area contributed by atoms with Gasteiger partial charge in [-0.05, 0) is 12.1 Å². The van der Waals surface area contributed by atoms with E-state index in [4.69, 9.17) is 4.74 Å². The molecule has 0 aliphatic carbocycles. The molecule has 0 saturated heterocycles. The largest absolute Gasteiger partial charge is 0.480 e. The summed E-state index contributed by atoms with van der Waals surface area (Å²) in [7, 11) is 3.24. The minimum absolute atomic E-state index is 0.0617. The number of hydrogen-bond acceptors (Lipinski definition) is 5. The number of amides is 1. The fourth-order valence-corrected chi connectivity index (χ4v) is 2.74. The molecule has 0 atom stereocenters. The molecule has 0 aliphatic heterocycles. The number of hydrogen-bond donors (Lipinski definition) is 0. The molecule has 0 unspecified atom stereocenters. The molecule has 0 N–H and O–H groups in total. The van der Waals surface area contributed by atoms with Gasteiger partial charge in [-0.1, -0.05) is 20.8 Å². The highest BCUT2D eigenvalue weighted by Crippen LogP contribution is 2.30. The lowest BCUT2D eigenvalue weighted by Gasteiger charge is -2.18. The molecule has 0 spiro atoms. The van der Waals surface area contributed by atoms with Crippen molar-refractivity contribution in [3.63, 3.8) is 0 Å². The number of carbonyl (C=O) groups is 1. The lowest BCUT2D eigenvalue weighted by atomic mass is 9.98. The maximum absolute atomic E-state index is 12.6. The molecule has 2 rings (SSSR count). The molecule has 2 aromatic heterocycles. The topological polar surface area (TPSA) is 55.3 Å². The molecule has 2 aromatic rings. The smallest absolute Gasteiger partial charge is 0.269 e. The number of pyridine rings is 1. The molecule has 1 amide bonds. The Hall–Kier alpha value is -1.95. The van der Waals surface area contributed by atoms with Crippen molar-refractivity contribution in [1.82, 2.24) is 9.97 Å². The quantitative estimate of drug-likeness (QED) is 0.874. The van der Waals surface area contributed by atoms with Crippen LogP contribution in [0.1, 0.15) is 35.5 Å². The van der Waals surface area contributed by atoms with Crippen molar-refractivity contribution in [2.45, 2.75) is 26.2 Å². The average Bonchev–Trinajstić information content (AvgIpc) is 2.95. The first-order valence-electron chi connectivity index (χ1n) is 6.58. The van der Waals surface area contributed by atoms with Crippen LogP contribution in [0.4, 0.5) is 5.69 Å². The number of aromatic nitrogens is 2. The summed E-state index contributed by atoms with van der Waals surface area (Å²) in [5.74, 6) is 0.309. The first-order valence-corrected chi connectivity index (χ1v) is 7.39. The number of anilines is 1. The van der Waals surface area contributed by atoms with E-state index < -0.39 is 0 Å². The Kier molecular flexibility index (Phi) is 4.27. The number of thiazole rings is 1. The van der Waals surface area contributed by atoms with Gasteiger partial charge in [0.1, 0.15) is 10.6 Å². The summed E-state index contributed by atoms with van der Waals surface area (Å²) in [5, 5.41) is 0.942. The second kappa shape index (κ2) is 5.81. The molecule has 5 nitrogen and oxygen atoms in total. The van der Waals surface area contributed by atoms with Crippen LogP contribution in [0.3, 0.4) is 0 Å². The van der Waals surface area contributed by atoms with Crippen LogP contribution in [0, 0.1) is 0 Å². The van der Waals surface area contributed by atoms with Crippen LogP contribution in [-0.2, 0) is 5.41 Å². The predicted octanol–water partition coefficient (Wildman–Crippen LogP) is 3.12. The predicted molar refractivity (Wildman–Crippen MR) is 84.3 cm³/mol. The molecule has 6 heteroatoms. The zero-order valence-corrected chi connectivity index (χ0v) is 13.7. The number of carbonyl (C=O) groups excluding carboxylic acids is 1. The van der Waals surface area contributed by atoms with Crippen LogP contribution < -0.4 is 9.64 Å². The summed E-state index contributed by atoms with van der Waals surface area (Å²) in [6.45, 7) is 6.23. The molecule has 0 bridgehead atoms. The van der Waals surface area contributed by atoms with Gasteiger partial charge in [0.05, 0.1) is 18.3 Å². The maximum Gasteiger partial charge on any atom is 0.269 e. The molecular weight excluding hydrogens is 286 g/mol. The van der Waals surface area contributed by atoms with Crippen LogP contribution in [-0.4, -0.2) is 30.0 Å². The number of methoxy groups -OCH3 is 1. The Morgan fingerprint density at radius 2 is 2.05 bits per heavy atom. The molecular formula is C15H19N3O2S. The van der Waals surface area contributed by atoms with Crippen molar-refractivity contribution in [3.05, 3.63) is 34.4 Å². The normalized spacial score (nSPS) is 11.3. The molecule has 0 fully saturated rings. The zero-order valence-electron chi connectivity index (χ0n) is 12.9. The lowest BCUT2D eigenvalue weighted by molar-refractivity contribution is 0.0996. The monoisotopic (exact) mass is 305 g/mol. The molecule has 0 saturated carbocycles. The number of nitrogens with zero attached hydrogens (tertiary/aromatic N) is 3. The first-order chi connectivity index (χ1) is 9.84. The van der Waals surface area contributed by atoms with Crippen LogP contribution >= 0.6 is 11.3 Å².